The zero-order chi connectivity index (χ0) is 11.9. The Morgan fingerprint density at radius 2 is 2.19 bits per heavy atom. The fourth-order valence-electron chi connectivity index (χ4n) is 2.31. The van der Waals surface area contributed by atoms with E-state index in [0.717, 1.165) is 16.8 Å². The standard InChI is InChI=1S/C13H17NO2/c1-8(2)14-7-11(13(15)16)10-6-9(3)4-5-12(10)14/h4-6,8,11H,7H2,1-3H3,(H,15,16). The summed E-state index contributed by atoms with van der Waals surface area (Å²) in [6, 6.07) is 6.41. The highest BCUT2D eigenvalue weighted by molar-refractivity contribution is 5.83. The number of carbonyl (C=O) groups is 1. The maximum atomic E-state index is 11.2. The van der Waals surface area contributed by atoms with E-state index in [1.807, 2.05) is 25.1 Å². The van der Waals surface area contributed by atoms with Gasteiger partial charge in [0.15, 0.2) is 0 Å². The number of fused-ring (bicyclic) bond motifs is 1. The molecule has 3 nitrogen and oxygen atoms in total. The van der Waals surface area contributed by atoms with Crippen LogP contribution < -0.4 is 4.90 Å². The van der Waals surface area contributed by atoms with E-state index in [9.17, 15) is 9.90 Å². The molecule has 16 heavy (non-hydrogen) atoms. The summed E-state index contributed by atoms with van der Waals surface area (Å²) in [6.07, 6.45) is 0. The van der Waals surface area contributed by atoms with Crippen LogP contribution in [0, 0.1) is 6.92 Å². The summed E-state index contributed by atoms with van der Waals surface area (Å²) >= 11 is 0. The van der Waals surface area contributed by atoms with Crippen molar-refractivity contribution < 1.29 is 9.90 Å². The maximum absolute atomic E-state index is 11.2. The highest BCUT2D eigenvalue weighted by Gasteiger charge is 2.34. The lowest BCUT2D eigenvalue weighted by molar-refractivity contribution is -0.138. The van der Waals surface area contributed by atoms with Gasteiger partial charge in [-0.2, -0.15) is 0 Å². The van der Waals surface area contributed by atoms with Gasteiger partial charge in [0.2, 0.25) is 0 Å². The maximum Gasteiger partial charge on any atom is 0.312 e. The van der Waals surface area contributed by atoms with Crippen molar-refractivity contribution in [2.75, 3.05) is 11.4 Å². The Bertz CT molecular complexity index is 426. The molecule has 1 atom stereocenters. The number of carboxylic acid groups (broad SMARTS) is 1. The molecule has 0 fully saturated rings. The van der Waals surface area contributed by atoms with E-state index in [1.54, 1.807) is 0 Å². The number of hydrogen-bond donors (Lipinski definition) is 1. The summed E-state index contributed by atoms with van der Waals surface area (Å²) in [5.74, 6) is -1.10. The molecule has 0 bridgehead atoms. The zero-order valence-corrected chi connectivity index (χ0v) is 9.90. The van der Waals surface area contributed by atoms with Crippen LogP contribution in [-0.4, -0.2) is 23.7 Å². The molecule has 3 heteroatoms. The second-order valence-corrected chi connectivity index (χ2v) is 4.70. The molecular weight excluding hydrogens is 202 g/mol. The fourth-order valence-corrected chi connectivity index (χ4v) is 2.31. The molecule has 1 N–H and O–H groups in total. The quantitative estimate of drug-likeness (QED) is 0.830. The predicted molar refractivity (Wildman–Crippen MR) is 64.0 cm³/mol. The van der Waals surface area contributed by atoms with E-state index >= 15 is 0 Å². The number of nitrogens with zero attached hydrogens (tertiary/aromatic N) is 1. The minimum absolute atomic E-state index is 0.339. The molecule has 0 aromatic heterocycles. The molecule has 1 aliphatic heterocycles. The van der Waals surface area contributed by atoms with Gasteiger partial charge in [0.25, 0.3) is 0 Å². The summed E-state index contributed by atoms with van der Waals surface area (Å²) in [4.78, 5) is 13.4. The monoisotopic (exact) mass is 219 g/mol. The lowest BCUT2D eigenvalue weighted by Crippen LogP contribution is -2.30. The van der Waals surface area contributed by atoms with Gasteiger partial charge in [-0.3, -0.25) is 4.79 Å². The topological polar surface area (TPSA) is 40.5 Å². The van der Waals surface area contributed by atoms with Gasteiger partial charge in [-0.25, -0.2) is 0 Å². The van der Waals surface area contributed by atoms with Crippen molar-refractivity contribution in [2.24, 2.45) is 0 Å². The van der Waals surface area contributed by atoms with Crippen LogP contribution in [0.3, 0.4) is 0 Å². The van der Waals surface area contributed by atoms with Crippen molar-refractivity contribution in [2.45, 2.75) is 32.7 Å². The van der Waals surface area contributed by atoms with Gasteiger partial charge in [-0.15, -0.1) is 0 Å². The zero-order valence-electron chi connectivity index (χ0n) is 9.90. The number of aliphatic carboxylic acids is 1. The molecule has 86 valence electrons. The minimum atomic E-state index is -0.727. The second kappa shape index (κ2) is 3.81. The van der Waals surface area contributed by atoms with Crippen molar-refractivity contribution in [1.82, 2.24) is 0 Å². The molecule has 1 aromatic rings. The van der Waals surface area contributed by atoms with E-state index in [4.69, 9.17) is 0 Å². The van der Waals surface area contributed by atoms with Crippen LogP contribution in [0.25, 0.3) is 0 Å². The summed E-state index contributed by atoms with van der Waals surface area (Å²) in [6.45, 7) is 6.77. The first-order valence-corrected chi connectivity index (χ1v) is 5.60. The molecule has 0 saturated carbocycles. The van der Waals surface area contributed by atoms with Gasteiger partial charge in [-0.1, -0.05) is 17.7 Å². The van der Waals surface area contributed by atoms with E-state index in [1.165, 1.54) is 0 Å². The Labute approximate surface area is 95.7 Å². The molecule has 1 aromatic carbocycles. The largest absolute Gasteiger partial charge is 0.481 e. The summed E-state index contributed by atoms with van der Waals surface area (Å²) in [5.41, 5.74) is 3.16. The average molecular weight is 219 g/mol. The Kier molecular flexibility index (Phi) is 2.62. The predicted octanol–water partition coefficient (Wildman–Crippen LogP) is 2.39. The molecule has 1 heterocycles. The van der Waals surface area contributed by atoms with Crippen LogP contribution in [0.2, 0.25) is 0 Å². The van der Waals surface area contributed by atoms with Crippen molar-refractivity contribution >= 4 is 11.7 Å². The molecule has 0 saturated heterocycles. The molecule has 0 amide bonds. The van der Waals surface area contributed by atoms with Gasteiger partial charge in [0.1, 0.15) is 5.92 Å². The Morgan fingerprint density at radius 1 is 1.50 bits per heavy atom. The molecule has 0 radical (unpaired) electrons. The summed E-state index contributed by atoms with van der Waals surface area (Å²) < 4.78 is 0. The van der Waals surface area contributed by atoms with Crippen molar-refractivity contribution in [3.8, 4) is 0 Å². The Morgan fingerprint density at radius 3 is 2.75 bits per heavy atom. The molecule has 1 aliphatic rings. The first kappa shape index (κ1) is 11.0. The number of aryl methyl sites for hydroxylation is 1. The Balaban J connectivity index is 2.48. The normalized spacial score (nSPS) is 19.0. The van der Waals surface area contributed by atoms with Crippen molar-refractivity contribution in [3.05, 3.63) is 29.3 Å². The van der Waals surface area contributed by atoms with Crippen LogP contribution in [0.5, 0.6) is 0 Å². The first-order chi connectivity index (χ1) is 7.50. The van der Waals surface area contributed by atoms with E-state index in [-0.39, 0.29) is 5.92 Å². The number of rotatable bonds is 2. The highest BCUT2D eigenvalue weighted by Crippen LogP contribution is 2.38. The van der Waals surface area contributed by atoms with Gasteiger partial charge < -0.3 is 10.0 Å². The van der Waals surface area contributed by atoms with Gasteiger partial charge in [0, 0.05) is 18.3 Å². The van der Waals surface area contributed by atoms with Crippen LogP contribution >= 0.6 is 0 Å². The number of hydrogen-bond acceptors (Lipinski definition) is 2. The van der Waals surface area contributed by atoms with Crippen molar-refractivity contribution in [1.29, 1.82) is 0 Å². The van der Waals surface area contributed by atoms with E-state index < -0.39 is 5.97 Å². The van der Waals surface area contributed by atoms with Crippen LogP contribution in [0.4, 0.5) is 5.69 Å². The number of benzene rings is 1. The highest BCUT2D eigenvalue weighted by atomic mass is 16.4. The molecule has 1 unspecified atom stereocenters. The molecular formula is C13H17NO2. The van der Waals surface area contributed by atoms with Gasteiger partial charge in [0.05, 0.1) is 0 Å². The number of anilines is 1. The van der Waals surface area contributed by atoms with E-state index in [2.05, 4.69) is 18.7 Å². The number of carboxylic acids is 1. The molecule has 0 spiro atoms. The minimum Gasteiger partial charge on any atom is -0.481 e. The van der Waals surface area contributed by atoms with Gasteiger partial charge >= 0.3 is 5.97 Å². The summed E-state index contributed by atoms with van der Waals surface area (Å²) in [5, 5.41) is 9.22. The third-order valence-electron chi connectivity index (χ3n) is 3.17. The smallest absolute Gasteiger partial charge is 0.312 e. The van der Waals surface area contributed by atoms with Crippen LogP contribution in [-0.2, 0) is 4.79 Å². The van der Waals surface area contributed by atoms with Crippen LogP contribution in [0.15, 0.2) is 18.2 Å². The SMILES string of the molecule is Cc1ccc2c(c1)C(C(=O)O)CN2C(C)C. The lowest BCUT2D eigenvalue weighted by atomic mass is 10.00. The first-order valence-electron chi connectivity index (χ1n) is 5.60. The summed E-state index contributed by atoms with van der Waals surface area (Å²) in [7, 11) is 0. The van der Waals surface area contributed by atoms with E-state index in [0.29, 0.717) is 12.6 Å². The second-order valence-electron chi connectivity index (χ2n) is 4.70. The molecule has 2 rings (SSSR count). The Hall–Kier alpha value is -1.51. The van der Waals surface area contributed by atoms with Crippen LogP contribution in [0.1, 0.15) is 30.9 Å². The molecule has 0 aliphatic carbocycles. The fraction of sp³-hybridized carbons (Fsp3) is 0.462. The third-order valence-corrected chi connectivity index (χ3v) is 3.17. The van der Waals surface area contributed by atoms with Crippen molar-refractivity contribution in [3.63, 3.8) is 0 Å². The average Bonchev–Trinajstić information content (AvgIpc) is 2.56. The lowest BCUT2D eigenvalue weighted by Gasteiger charge is -2.24. The third kappa shape index (κ3) is 1.66. The van der Waals surface area contributed by atoms with Gasteiger partial charge in [-0.05, 0) is 32.4 Å².